The molecule has 1 unspecified atom stereocenters. The minimum atomic E-state index is 0.635. The van der Waals surface area contributed by atoms with E-state index in [1.54, 1.807) is 0 Å². The van der Waals surface area contributed by atoms with E-state index in [9.17, 15) is 0 Å². The zero-order valence-corrected chi connectivity index (χ0v) is 12.2. The third-order valence-corrected chi connectivity index (χ3v) is 2.84. The van der Waals surface area contributed by atoms with E-state index in [0.29, 0.717) is 6.04 Å². The van der Waals surface area contributed by atoms with Crippen LogP contribution in [0.5, 0.6) is 0 Å². The average molecular weight is 229 g/mol. The van der Waals surface area contributed by atoms with Crippen LogP contribution in [-0.4, -0.2) is 44.8 Å². The Balaban J connectivity index is 3.25. The van der Waals surface area contributed by atoms with Gasteiger partial charge in [0.25, 0.3) is 0 Å². The number of quaternary nitrogens is 1. The van der Waals surface area contributed by atoms with Crippen LogP contribution in [0.15, 0.2) is 0 Å². The molecule has 0 rings (SSSR count). The van der Waals surface area contributed by atoms with Gasteiger partial charge in [-0.15, -0.1) is 0 Å². The lowest BCUT2D eigenvalue weighted by Crippen LogP contribution is -2.45. The quantitative estimate of drug-likeness (QED) is 0.448. The van der Waals surface area contributed by atoms with Crippen molar-refractivity contribution >= 4 is 0 Å². The molecule has 0 saturated carbocycles. The predicted octanol–water partition coefficient (Wildman–Crippen LogP) is 3.03. The highest BCUT2D eigenvalue weighted by Crippen LogP contribution is 2.04. The molecule has 16 heavy (non-hydrogen) atoms. The van der Waals surface area contributed by atoms with Gasteiger partial charge in [0.05, 0.1) is 33.7 Å². The summed E-state index contributed by atoms with van der Waals surface area (Å²) in [5.74, 6) is 0. The van der Waals surface area contributed by atoms with Gasteiger partial charge < -0.3 is 9.80 Å². The predicted molar refractivity (Wildman–Crippen MR) is 73.7 cm³/mol. The number of nitrogens with one attached hydrogen (secondary N) is 1. The lowest BCUT2D eigenvalue weighted by atomic mass is 10.1. The molecule has 0 aliphatic rings. The van der Waals surface area contributed by atoms with E-state index < -0.39 is 0 Å². The highest BCUT2D eigenvalue weighted by Gasteiger charge is 2.12. The van der Waals surface area contributed by atoms with Crippen molar-refractivity contribution in [1.82, 2.24) is 5.32 Å². The smallest absolute Gasteiger partial charge is 0.0933 e. The van der Waals surface area contributed by atoms with E-state index in [4.69, 9.17) is 0 Å². The second-order valence-electron chi connectivity index (χ2n) is 6.10. The van der Waals surface area contributed by atoms with Crippen molar-refractivity contribution in [2.45, 2.75) is 58.4 Å². The molecule has 1 atom stereocenters. The SMILES string of the molecule is CCCCCCCCNC(C)C[N+](C)(C)C. The molecule has 1 N–H and O–H groups in total. The molecule has 0 radical (unpaired) electrons. The van der Waals surface area contributed by atoms with Gasteiger partial charge in [-0.05, 0) is 19.9 Å². The molecule has 98 valence electrons. The van der Waals surface area contributed by atoms with Gasteiger partial charge in [0.2, 0.25) is 0 Å². The van der Waals surface area contributed by atoms with Gasteiger partial charge in [0, 0.05) is 0 Å². The highest BCUT2D eigenvalue weighted by molar-refractivity contribution is 4.59. The molecule has 0 aromatic carbocycles. The van der Waals surface area contributed by atoms with Crippen LogP contribution in [-0.2, 0) is 0 Å². The molecule has 0 fully saturated rings. The van der Waals surface area contributed by atoms with E-state index in [-0.39, 0.29) is 0 Å². The molecule has 0 heterocycles. The van der Waals surface area contributed by atoms with Crippen LogP contribution >= 0.6 is 0 Å². The van der Waals surface area contributed by atoms with Crippen molar-refractivity contribution in [3.8, 4) is 0 Å². The number of hydrogen-bond donors (Lipinski definition) is 1. The first-order chi connectivity index (χ1) is 7.45. The maximum absolute atomic E-state index is 3.61. The first-order valence-corrected chi connectivity index (χ1v) is 6.99. The number of nitrogens with zero attached hydrogens (tertiary/aromatic N) is 1. The van der Waals surface area contributed by atoms with Crippen LogP contribution in [0.3, 0.4) is 0 Å². The first-order valence-electron chi connectivity index (χ1n) is 6.99. The maximum Gasteiger partial charge on any atom is 0.0933 e. The minimum absolute atomic E-state index is 0.635. The van der Waals surface area contributed by atoms with Gasteiger partial charge in [0.15, 0.2) is 0 Å². The zero-order valence-electron chi connectivity index (χ0n) is 12.2. The summed E-state index contributed by atoms with van der Waals surface area (Å²) in [7, 11) is 6.76. The number of hydrogen-bond acceptors (Lipinski definition) is 1. The summed E-state index contributed by atoms with van der Waals surface area (Å²) in [5.41, 5.74) is 0. The van der Waals surface area contributed by atoms with Crippen molar-refractivity contribution in [2.75, 3.05) is 34.2 Å². The third kappa shape index (κ3) is 12.0. The molecule has 0 aliphatic carbocycles. The van der Waals surface area contributed by atoms with Crippen LogP contribution < -0.4 is 5.32 Å². The fraction of sp³-hybridized carbons (Fsp3) is 1.00. The molecule has 0 aliphatic heterocycles. The summed E-state index contributed by atoms with van der Waals surface area (Å²) in [4.78, 5) is 0. The monoisotopic (exact) mass is 229 g/mol. The first kappa shape index (κ1) is 15.9. The van der Waals surface area contributed by atoms with Gasteiger partial charge in [0.1, 0.15) is 0 Å². The molecule has 0 aromatic heterocycles. The van der Waals surface area contributed by atoms with Crippen LogP contribution in [0, 0.1) is 0 Å². The maximum atomic E-state index is 3.61. The van der Waals surface area contributed by atoms with Crippen molar-refractivity contribution in [1.29, 1.82) is 0 Å². The molecular weight excluding hydrogens is 196 g/mol. The van der Waals surface area contributed by atoms with E-state index in [0.717, 1.165) is 4.48 Å². The minimum Gasteiger partial charge on any atom is -0.330 e. The van der Waals surface area contributed by atoms with Crippen molar-refractivity contribution in [3.63, 3.8) is 0 Å². The Kier molecular flexibility index (Phi) is 8.96. The van der Waals surface area contributed by atoms with Crippen LogP contribution in [0.25, 0.3) is 0 Å². The zero-order chi connectivity index (χ0) is 12.4. The summed E-state index contributed by atoms with van der Waals surface area (Å²) in [6.45, 7) is 6.96. The molecule has 0 aromatic rings. The second kappa shape index (κ2) is 9.00. The molecule has 0 bridgehead atoms. The normalized spacial score (nSPS) is 14.1. The fourth-order valence-electron chi connectivity index (χ4n) is 2.14. The Morgan fingerprint density at radius 3 is 2.06 bits per heavy atom. The van der Waals surface area contributed by atoms with E-state index in [2.05, 4.69) is 40.3 Å². The molecule has 2 nitrogen and oxygen atoms in total. The number of likely N-dealkylation sites (N-methyl/N-ethyl adjacent to an activating group) is 1. The van der Waals surface area contributed by atoms with Crippen molar-refractivity contribution in [2.24, 2.45) is 0 Å². The Morgan fingerprint density at radius 1 is 0.938 bits per heavy atom. The topological polar surface area (TPSA) is 12.0 Å². The Labute approximate surface area is 103 Å². The largest absolute Gasteiger partial charge is 0.330 e. The van der Waals surface area contributed by atoms with Crippen LogP contribution in [0.4, 0.5) is 0 Å². The fourth-order valence-corrected chi connectivity index (χ4v) is 2.14. The third-order valence-electron chi connectivity index (χ3n) is 2.84. The van der Waals surface area contributed by atoms with Crippen molar-refractivity contribution < 1.29 is 4.48 Å². The lowest BCUT2D eigenvalue weighted by molar-refractivity contribution is -0.871. The number of rotatable bonds is 10. The highest BCUT2D eigenvalue weighted by atomic mass is 15.3. The van der Waals surface area contributed by atoms with E-state index in [1.807, 2.05) is 0 Å². The van der Waals surface area contributed by atoms with Crippen LogP contribution in [0.1, 0.15) is 52.4 Å². The van der Waals surface area contributed by atoms with Crippen molar-refractivity contribution in [3.05, 3.63) is 0 Å². The molecule has 0 spiro atoms. The Morgan fingerprint density at radius 2 is 1.50 bits per heavy atom. The van der Waals surface area contributed by atoms with Gasteiger partial charge in [-0.25, -0.2) is 0 Å². The van der Waals surface area contributed by atoms with E-state index >= 15 is 0 Å². The molecule has 2 heteroatoms. The van der Waals surface area contributed by atoms with Gasteiger partial charge >= 0.3 is 0 Å². The molecule has 0 saturated heterocycles. The van der Waals surface area contributed by atoms with Crippen LogP contribution in [0.2, 0.25) is 0 Å². The van der Waals surface area contributed by atoms with E-state index in [1.165, 1.54) is 51.6 Å². The Hall–Kier alpha value is -0.0800. The molecule has 0 amide bonds. The second-order valence-corrected chi connectivity index (χ2v) is 6.10. The average Bonchev–Trinajstić information content (AvgIpc) is 2.13. The summed E-state index contributed by atoms with van der Waals surface area (Å²) < 4.78 is 1.05. The summed E-state index contributed by atoms with van der Waals surface area (Å²) in [6.07, 6.45) is 8.32. The summed E-state index contributed by atoms with van der Waals surface area (Å²) in [5, 5.41) is 3.61. The Bertz CT molecular complexity index is 149. The number of unbranched alkanes of at least 4 members (excludes halogenated alkanes) is 5. The van der Waals surface area contributed by atoms with Gasteiger partial charge in [-0.1, -0.05) is 39.0 Å². The van der Waals surface area contributed by atoms with Gasteiger partial charge in [-0.3, -0.25) is 0 Å². The van der Waals surface area contributed by atoms with Gasteiger partial charge in [-0.2, -0.15) is 0 Å². The summed E-state index contributed by atoms with van der Waals surface area (Å²) >= 11 is 0. The molecular formula is C14H33N2+. The summed E-state index contributed by atoms with van der Waals surface area (Å²) in [6, 6.07) is 0.635. The lowest BCUT2D eigenvalue weighted by Gasteiger charge is -2.28. The standard InChI is InChI=1S/C14H33N2/c1-6-7-8-9-10-11-12-15-14(2)13-16(3,4)5/h14-15H,6-13H2,1-5H3/q+1.